The largest absolute Gasteiger partial charge is 0.347 e. The van der Waals surface area contributed by atoms with E-state index in [-0.39, 0.29) is 17.9 Å². The number of hydrogen-bond donors (Lipinski definition) is 2. The Morgan fingerprint density at radius 3 is 2.45 bits per heavy atom. The molecule has 0 radical (unpaired) electrons. The second kappa shape index (κ2) is 8.39. The third kappa shape index (κ3) is 4.07. The Morgan fingerprint density at radius 1 is 1.00 bits per heavy atom. The third-order valence-electron chi connectivity index (χ3n) is 6.20. The summed E-state index contributed by atoms with van der Waals surface area (Å²) in [4.78, 5) is 30.6. The SMILES string of the molecule is Cc1cccc(C)c1NC(=O)c1nc(C(=O)NC2CCCCC2)n2c1CCCC2. The van der Waals surface area contributed by atoms with Crippen molar-refractivity contribution in [3.05, 3.63) is 46.5 Å². The number of rotatable bonds is 4. The van der Waals surface area contributed by atoms with Crippen LogP contribution in [-0.4, -0.2) is 27.4 Å². The number of anilines is 1. The average Bonchev–Trinajstić information content (AvgIpc) is 3.11. The van der Waals surface area contributed by atoms with Crippen LogP contribution in [0.5, 0.6) is 0 Å². The van der Waals surface area contributed by atoms with Crippen LogP contribution >= 0.6 is 0 Å². The van der Waals surface area contributed by atoms with Crippen molar-refractivity contribution in [1.82, 2.24) is 14.9 Å². The number of nitrogens with zero attached hydrogens (tertiary/aromatic N) is 2. The predicted octanol–water partition coefficient (Wildman–Crippen LogP) is 4.15. The minimum atomic E-state index is -0.232. The highest BCUT2D eigenvalue weighted by Crippen LogP contribution is 2.25. The van der Waals surface area contributed by atoms with E-state index in [9.17, 15) is 9.59 Å². The molecule has 0 saturated heterocycles. The maximum absolute atomic E-state index is 13.1. The Morgan fingerprint density at radius 2 is 1.72 bits per heavy atom. The minimum absolute atomic E-state index is 0.147. The van der Waals surface area contributed by atoms with Gasteiger partial charge in [0.15, 0.2) is 11.5 Å². The first-order chi connectivity index (χ1) is 14.0. The van der Waals surface area contributed by atoms with Gasteiger partial charge in [-0.05, 0) is 57.1 Å². The van der Waals surface area contributed by atoms with Gasteiger partial charge in [-0.25, -0.2) is 4.98 Å². The second-order valence-electron chi connectivity index (χ2n) is 8.37. The zero-order chi connectivity index (χ0) is 20.4. The fourth-order valence-electron chi connectivity index (χ4n) is 4.58. The monoisotopic (exact) mass is 394 g/mol. The fraction of sp³-hybridized carbons (Fsp3) is 0.522. The molecule has 0 unspecified atom stereocenters. The van der Waals surface area contributed by atoms with E-state index in [4.69, 9.17) is 0 Å². The van der Waals surface area contributed by atoms with E-state index in [2.05, 4.69) is 15.6 Å². The molecule has 2 aliphatic rings. The van der Waals surface area contributed by atoms with Crippen LogP contribution in [0.2, 0.25) is 0 Å². The number of imidazole rings is 1. The molecular formula is C23H30N4O2. The van der Waals surface area contributed by atoms with Crippen molar-refractivity contribution in [2.24, 2.45) is 0 Å². The lowest BCUT2D eigenvalue weighted by atomic mass is 9.95. The molecule has 2 N–H and O–H groups in total. The topological polar surface area (TPSA) is 76.0 Å². The molecule has 29 heavy (non-hydrogen) atoms. The van der Waals surface area contributed by atoms with E-state index >= 15 is 0 Å². The molecule has 1 saturated carbocycles. The molecule has 1 aromatic heterocycles. The summed E-state index contributed by atoms with van der Waals surface area (Å²) in [6.45, 7) is 4.70. The Labute approximate surface area is 172 Å². The molecule has 0 atom stereocenters. The van der Waals surface area contributed by atoms with Crippen LogP contribution in [0.15, 0.2) is 18.2 Å². The Kier molecular flexibility index (Phi) is 5.69. The first kappa shape index (κ1) is 19.7. The van der Waals surface area contributed by atoms with E-state index < -0.39 is 0 Å². The van der Waals surface area contributed by atoms with Crippen LogP contribution in [0.4, 0.5) is 5.69 Å². The number of carbonyl (C=O) groups excluding carboxylic acids is 2. The van der Waals surface area contributed by atoms with Crippen molar-refractivity contribution in [3.8, 4) is 0 Å². The molecule has 1 aromatic carbocycles. The molecule has 2 heterocycles. The van der Waals surface area contributed by atoms with Crippen molar-refractivity contribution >= 4 is 17.5 Å². The van der Waals surface area contributed by atoms with Gasteiger partial charge in [-0.1, -0.05) is 37.5 Å². The fourth-order valence-corrected chi connectivity index (χ4v) is 4.58. The molecule has 6 heteroatoms. The van der Waals surface area contributed by atoms with Crippen LogP contribution in [0.1, 0.15) is 82.9 Å². The molecule has 2 amide bonds. The highest BCUT2D eigenvalue weighted by molar-refractivity contribution is 6.05. The predicted molar refractivity (Wildman–Crippen MR) is 113 cm³/mol. The number of carbonyl (C=O) groups is 2. The van der Waals surface area contributed by atoms with Crippen LogP contribution < -0.4 is 10.6 Å². The van der Waals surface area contributed by atoms with Gasteiger partial charge in [-0.15, -0.1) is 0 Å². The summed E-state index contributed by atoms with van der Waals surface area (Å²) in [5.74, 6) is 0.00728. The number of fused-ring (bicyclic) bond motifs is 1. The van der Waals surface area contributed by atoms with Crippen LogP contribution in [0, 0.1) is 13.8 Å². The number of nitrogens with one attached hydrogen (secondary N) is 2. The number of hydrogen-bond acceptors (Lipinski definition) is 3. The molecule has 1 fully saturated rings. The normalized spacial score (nSPS) is 16.9. The standard InChI is InChI=1S/C23H30N4O2/c1-15-9-8-10-16(2)19(15)26-22(28)20-18-13-6-7-14-27(18)21(25-20)23(29)24-17-11-4-3-5-12-17/h8-10,17H,3-7,11-14H2,1-2H3,(H,24,29)(H,26,28). The van der Waals surface area contributed by atoms with Crippen LogP contribution in [0.3, 0.4) is 0 Å². The van der Waals surface area contributed by atoms with Gasteiger partial charge in [0, 0.05) is 18.3 Å². The van der Waals surface area contributed by atoms with Crippen LogP contribution in [0.25, 0.3) is 0 Å². The number of aromatic nitrogens is 2. The first-order valence-corrected chi connectivity index (χ1v) is 10.8. The van der Waals surface area contributed by atoms with Gasteiger partial charge in [0.25, 0.3) is 11.8 Å². The van der Waals surface area contributed by atoms with E-state index in [0.717, 1.165) is 74.0 Å². The maximum atomic E-state index is 13.1. The first-order valence-electron chi connectivity index (χ1n) is 10.8. The molecular weight excluding hydrogens is 364 g/mol. The van der Waals surface area contributed by atoms with Crippen LogP contribution in [-0.2, 0) is 13.0 Å². The van der Waals surface area contributed by atoms with Crippen molar-refractivity contribution < 1.29 is 9.59 Å². The zero-order valence-electron chi connectivity index (χ0n) is 17.4. The van der Waals surface area contributed by atoms with Gasteiger partial charge < -0.3 is 15.2 Å². The van der Waals surface area contributed by atoms with Crippen molar-refractivity contribution in [2.75, 3.05) is 5.32 Å². The maximum Gasteiger partial charge on any atom is 0.287 e. The number of para-hydroxylation sites is 1. The lowest BCUT2D eigenvalue weighted by molar-refractivity contribution is 0.0911. The summed E-state index contributed by atoms with van der Waals surface area (Å²) in [5, 5.41) is 6.18. The van der Waals surface area contributed by atoms with E-state index in [1.54, 1.807) is 0 Å². The molecule has 0 spiro atoms. The Bertz CT molecular complexity index is 905. The van der Waals surface area contributed by atoms with Crippen molar-refractivity contribution in [3.63, 3.8) is 0 Å². The van der Waals surface area contributed by atoms with Gasteiger partial charge in [0.2, 0.25) is 0 Å². The smallest absolute Gasteiger partial charge is 0.287 e. The highest BCUT2D eigenvalue weighted by atomic mass is 16.2. The van der Waals surface area contributed by atoms with Crippen molar-refractivity contribution in [2.45, 2.75) is 77.8 Å². The van der Waals surface area contributed by atoms with Gasteiger partial charge in [-0.2, -0.15) is 0 Å². The van der Waals surface area contributed by atoms with Gasteiger partial charge >= 0.3 is 0 Å². The summed E-state index contributed by atoms with van der Waals surface area (Å²) >= 11 is 0. The molecule has 154 valence electrons. The second-order valence-corrected chi connectivity index (χ2v) is 8.37. The third-order valence-corrected chi connectivity index (χ3v) is 6.20. The zero-order valence-corrected chi connectivity index (χ0v) is 17.4. The summed E-state index contributed by atoms with van der Waals surface area (Å²) < 4.78 is 1.96. The molecule has 0 bridgehead atoms. The molecule has 4 rings (SSSR count). The molecule has 1 aliphatic carbocycles. The lowest BCUT2D eigenvalue weighted by Crippen LogP contribution is -2.37. The van der Waals surface area contributed by atoms with E-state index in [1.165, 1.54) is 6.42 Å². The number of amides is 2. The summed E-state index contributed by atoms with van der Waals surface area (Å²) in [6, 6.07) is 6.16. The Hall–Kier alpha value is -2.63. The summed E-state index contributed by atoms with van der Waals surface area (Å²) in [7, 11) is 0. The summed E-state index contributed by atoms with van der Waals surface area (Å²) in [6.07, 6.45) is 8.41. The number of benzene rings is 1. The Balaban J connectivity index is 1.60. The molecule has 1 aliphatic heterocycles. The average molecular weight is 395 g/mol. The number of aryl methyl sites for hydroxylation is 2. The van der Waals surface area contributed by atoms with Gasteiger partial charge in [0.1, 0.15) is 0 Å². The highest BCUT2D eigenvalue weighted by Gasteiger charge is 2.29. The quantitative estimate of drug-likeness (QED) is 0.818. The van der Waals surface area contributed by atoms with Crippen molar-refractivity contribution in [1.29, 1.82) is 0 Å². The minimum Gasteiger partial charge on any atom is -0.347 e. The van der Waals surface area contributed by atoms with Gasteiger partial charge in [-0.3, -0.25) is 9.59 Å². The molecule has 6 nitrogen and oxygen atoms in total. The molecule has 2 aromatic rings. The lowest BCUT2D eigenvalue weighted by Gasteiger charge is -2.23. The summed E-state index contributed by atoms with van der Waals surface area (Å²) in [5.41, 5.74) is 4.13. The van der Waals surface area contributed by atoms with E-state index in [1.807, 2.05) is 36.6 Å². The van der Waals surface area contributed by atoms with Gasteiger partial charge in [0.05, 0.1) is 5.69 Å². The van der Waals surface area contributed by atoms with E-state index in [0.29, 0.717) is 11.5 Å².